The molecule has 0 radical (unpaired) electrons. The number of methoxy groups -OCH3 is 2. The lowest BCUT2D eigenvalue weighted by molar-refractivity contribution is 0.247. The number of carbonyl (C=O) groups excluding carboxylic acids is 1. The number of carbonyl (C=O) groups is 1. The quantitative estimate of drug-likeness (QED) is 0.844. The van der Waals surface area contributed by atoms with E-state index in [9.17, 15) is 4.79 Å². The first-order valence-electron chi connectivity index (χ1n) is 8.05. The summed E-state index contributed by atoms with van der Waals surface area (Å²) in [4.78, 5) is 12.5. The minimum atomic E-state index is -0.248. The standard InChI is InChI=1S/C19H22N2O3/c1-23-15-10-11-17(24-2)16(12-15)20-19(22)21-18(14-8-9-14)13-6-4-3-5-7-13/h3-7,10-12,14,18H,8-9H2,1-2H3,(H2,20,21,22). The molecule has 1 saturated carbocycles. The number of hydrogen-bond donors (Lipinski definition) is 2. The zero-order valence-electron chi connectivity index (χ0n) is 13.9. The predicted molar refractivity (Wildman–Crippen MR) is 93.6 cm³/mol. The molecule has 1 unspecified atom stereocenters. The van der Waals surface area contributed by atoms with E-state index >= 15 is 0 Å². The molecule has 2 aromatic rings. The van der Waals surface area contributed by atoms with Gasteiger partial charge in [-0.2, -0.15) is 0 Å². The summed E-state index contributed by atoms with van der Waals surface area (Å²) in [6, 6.07) is 15.2. The molecule has 0 aliphatic heterocycles. The summed E-state index contributed by atoms with van der Waals surface area (Å²) in [6.45, 7) is 0. The van der Waals surface area contributed by atoms with Crippen LogP contribution in [0.3, 0.4) is 0 Å². The minimum Gasteiger partial charge on any atom is -0.497 e. The van der Waals surface area contributed by atoms with Crippen LogP contribution in [0.5, 0.6) is 11.5 Å². The van der Waals surface area contributed by atoms with Crippen molar-refractivity contribution >= 4 is 11.7 Å². The second-order valence-corrected chi connectivity index (χ2v) is 5.89. The van der Waals surface area contributed by atoms with Gasteiger partial charge in [0.25, 0.3) is 0 Å². The minimum absolute atomic E-state index is 0.0304. The van der Waals surface area contributed by atoms with E-state index in [1.165, 1.54) is 0 Å². The van der Waals surface area contributed by atoms with Crippen molar-refractivity contribution in [1.29, 1.82) is 0 Å². The maximum atomic E-state index is 12.5. The summed E-state index contributed by atoms with van der Waals surface area (Å²) in [6.07, 6.45) is 2.28. The third-order valence-electron chi connectivity index (χ3n) is 4.19. The van der Waals surface area contributed by atoms with Crippen molar-refractivity contribution in [3.05, 3.63) is 54.1 Å². The molecule has 2 amide bonds. The van der Waals surface area contributed by atoms with E-state index in [4.69, 9.17) is 9.47 Å². The van der Waals surface area contributed by atoms with Gasteiger partial charge in [0.1, 0.15) is 11.5 Å². The van der Waals surface area contributed by atoms with Gasteiger partial charge in [0.05, 0.1) is 25.9 Å². The van der Waals surface area contributed by atoms with Crippen molar-refractivity contribution in [1.82, 2.24) is 5.32 Å². The molecule has 3 rings (SSSR count). The Labute approximate surface area is 142 Å². The largest absolute Gasteiger partial charge is 0.497 e. The summed E-state index contributed by atoms with van der Waals surface area (Å²) >= 11 is 0. The molecule has 1 fully saturated rings. The van der Waals surface area contributed by atoms with Gasteiger partial charge in [-0.15, -0.1) is 0 Å². The highest BCUT2D eigenvalue weighted by atomic mass is 16.5. The highest BCUT2D eigenvalue weighted by Crippen LogP contribution is 2.41. The summed E-state index contributed by atoms with van der Waals surface area (Å²) in [5.74, 6) is 1.76. The van der Waals surface area contributed by atoms with Crippen molar-refractivity contribution < 1.29 is 14.3 Å². The number of rotatable bonds is 6. The van der Waals surface area contributed by atoms with Crippen LogP contribution in [0.1, 0.15) is 24.4 Å². The van der Waals surface area contributed by atoms with Gasteiger partial charge in [0, 0.05) is 6.07 Å². The molecule has 0 aromatic heterocycles. The Balaban J connectivity index is 1.73. The summed E-state index contributed by atoms with van der Waals surface area (Å²) in [7, 11) is 3.16. The third-order valence-corrected chi connectivity index (χ3v) is 4.19. The van der Waals surface area contributed by atoms with E-state index in [0.29, 0.717) is 23.1 Å². The maximum absolute atomic E-state index is 12.5. The molecule has 1 aliphatic rings. The maximum Gasteiger partial charge on any atom is 0.319 e. The molecule has 0 heterocycles. The normalized spacial score (nSPS) is 14.6. The first-order chi connectivity index (χ1) is 11.7. The van der Waals surface area contributed by atoms with Crippen LogP contribution in [-0.4, -0.2) is 20.3 Å². The molecular weight excluding hydrogens is 304 g/mol. The van der Waals surface area contributed by atoms with Gasteiger partial charge >= 0.3 is 6.03 Å². The monoisotopic (exact) mass is 326 g/mol. The number of benzene rings is 2. The molecule has 24 heavy (non-hydrogen) atoms. The Bertz CT molecular complexity index is 699. The average Bonchev–Trinajstić information content (AvgIpc) is 3.45. The van der Waals surface area contributed by atoms with Gasteiger partial charge in [-0.25, -0.2) is 4.79 Å². The zero-order chi connectivity index (χ0) is 16.9. The van der Waals surface area contributed by atoms with E-state index in [0.717, 1.165) is 18.4 Å². The predicted octanol–water partition coefficient (Wildman–Crippen LogP) is 3.98. The van der Waals surface area contributed by atoms with E-state index < -0.39 is 0 Å². The lowest BCUT2D eigenvalue weighted by Crippen LogP contribution is -2.33. The first-order valence-corrected chi connectivity index (χ1v) is 8.05. The SMILES string of the molecule is COc1ccc(OC)c(NC(=O)NC(c2ccccc2)C2CC2)c1. The van der Waals surface area contributed by atoms with Crippen LogP contribution in [-0.2, 0) is 0 Å². The second kappa shape index (κ2) is 7.25. The molecule has 2 N–H and O–H groups in total. The topological polar surface area (TPSA) is 59.6 Å². The molecule has 0 spiro atoms. The molecule has 1 atom stereocenters. The van der Waals surface area contributed by atoms with Gasteiger partial charge in [0.15, 0.2) is 0 Å². The van der Waals surface area contributed by atoms with Crippen molar-refractivity contribution in [2.45, 2.75) is 18.9 Å². The Hall–Kier alpha value is -2.69. The molecule has 0 bridgehead atoms. The van der Waals surface area contributed by atoms with Crippen LogP contribution in [0.25, 0.3) is 0 Å². The highest BCUT2D eigenvalue weighted by Gasteiger charge is 2.33. The number of anilines is 1. The van der Waals surface area contributed by atoms with Crippen LogP contribution in [0.2, 0.25) is 0 Å². The zero-order valence-corrected chi connectivity index (χ0v) is 13.9. The number of ether oxygens (including phenoxy) is 2. The van der Waals surface area contributed by atoms with Gasteiger partial charge in [0.2, 0.25) is 0 Å². The Morgan fingerprint density at radius 1 is 1.08 bits per heavy atom. The van der Waals surface area contributed by atoms with Crippen LogP contribution in [0.4, 0.5) is 10.5 Å². The van der Waals surface area contributed by atoms with Crippen molar-refractivity contribution in [3.63, 3.8) is 0 Å². The van der Waals surface area contributed by atoms with Crippen molar-refractivity contribution in [2.24, 2.45) is 5.92 Å². The Morgan fingerprint density at radius 2 is 1.83 bits per heavy atom. The summed E-state index contributed by atoms with van der Waals surface area (Å²) < 4.78 is 10.5. The second-order valence-electron chi connectivity index (χ2n) is 5.89. The van der Waals surface area contributed by atoms with E-state index in [1.54, 1.807) is 32.4 Å². The molecule has 0 saturated heterocycles. The van der Waals surface area contributed by atoms with E-state index in [1.807, 2.05) is 18.2 Å². The number of nitrogens with one attached hydrogen (secondary N) is 2. The van der Waals surface area contributed by atoms with Gasteiger partial charge in [-0.3, -0.25) is 0 Å². The fourth-order valence-electron chi connectivity index (χ4n) is 2.77. The van der Waals surface area contributed by atoms with Gasteiger partial charge < -0.3 is 20.1 Å². The average molecular weight is 326 g/mol. The fourth-order valence-corrected chi connectivity index (χ4v) is 2.77. The molecule has 2 aromatic carbocycles. The summed E-state index contributed by atoms with van der Waals surface area (Å²) in [5.41, 5.74) is 1.71. The van der Waals surface area contributed by atoms with Gasteiger partial charge in [-0.05, 0) is 36.5 Å². The molecular formula is C19H22N2O3. The summed E-state index contributed by atoms with van der Waals surface area (Å²) in [5, 5.41) is 5.95. The fraction of sp³-hybridized carbons (Fsp3) is 0.316. The van der Waals surface area contributed by atoms with E-state index in [-0.39, 0.29) is 12.1 Å². The Kier molecular flexibility index (Phi) is 4.89. The van der Waals surface area contributed by atoms with Crippen LogP contribution in [0.15, 0.2) is 48.5 Å². The van der Waals surface area contributed by atoms with Crippen LogP contribution < -0.4 is 20.1 Å². The molecule has 5 heteroatoms. The van der Waals surface area contributed by atoms with Crippen LogP contribution in [0, 0.1) is 5.92 Å². The molecule has 1 aliphatic carbocycles. The number of urea groups is 1. The number of amides is 2. The van der Waals surface area contributed by atoms with Crippen molar-refractivity contribution in [2.75, 3.05) is 19.5 Å². The lowest BCUT2D eigenvalue weighted by Gasteiger charge is -2.20. The van der Waals surface area contributed by atoms with Gasteiger partial charge in [-0.1, -0.05) is 30.3 Å². The van der Waals surface area contributed by atoms with E-state index in [2.05, 4.69) is 22.8 Å². The Morgan fingerprint density at radius 3 is 2.46 bits per heavy atom. The van der Waals surface area contributed by atoms with Crippen molar-refractivity contribution in [3.8, 4) is 11.5 Å². The molecule has 5 nitrogen and oxygen atoms in total. The first kappa shape index (κ1) is 16.2. The van der Waals surface area contributed by atoms with Crippen LogP contribution >= 0.6 is 0 Å². The number of hydrogen-bond acceptors (Lipinski definition) is 3. The lowest BCUT2D eigenvalue weighted by atomic mass is 10.0. The third kappa shape index (κ3) is 3.79. The highest BCUT2D eigenvalue weighted by molar-refractivity contribution is 5.91. The smallest absolute Gasteiger partial charge is 0.319 e. The molecule has 126 valence electrons.